The monoisotopic (exact) mass is 439 g/mol. The van der Waals surface area contributed by atoms with Crippen LogP contribution in [0.4, 0.5) is 5.82 Å². The van der Waals surface area contributed by atoms with Crippen LogP contribution in [0.2, 0.25) is 0 Å². The van der Waals surface area contributed by atoms with Crippen LogP contribution in [0.1, 0.15) is 12.5 Å². The predicted molar refractivity (Wildman–Crippen MR) is 96.5 cm³/mol. The Bertz CT molecular complexity index is 864. The molecule has 1 N–H and O–H groups in total. The molecule has 0 unspecified atom stereocenters. The molecule has 3 aromatic rings. The fourth-order valence-corrected chi connectivity index (χ4v) is 3.49. The number of anilines is 1. The van der Waals surface area contributed by atoms with E-state index in [1.807, 2.05) is 26.1 Å². The van der Waals surface area contributed by atoms with E-state index in [0.717, 1.165) is 33.4 Å². The number of rotatable bonds is 4. The standard InChI is InChI=1S/C15H15Br2N5O/c1-3-22(7-9-6-10(16)4-5-11(9)23)15-12-13(17)20-21(2)14(12)18-8-19-15/h4-6,8,23H,3,7H2,1-2H3. The molecular formula is C15H15Br2N5O. The second kappa shape index (κ2) is 6.45. The summed E-state index contributed by atoms with van der Waals surface area (Å²) in [7, 11) is 1.85. The highest BCUT2D eigenvalue weighted by atomic mass is 79.9. The molecule has 0 bridgehead atoms. The number of hydrogen-bond acceptors (Lipinski definition) is 5. The highest BCUT2D eigenvalue weighted by Crippen LogP contribution is 2.31. The van der Waals surface area contributed by atoms with Gasteiger partial charge in [-0.05, 0) is 41.1 Å². The van der Waals surface area contributed by atoms with Gasteiger partial charge in [0.25, 0.3) is 0 Å². The summed E-state index contributed by atoms with van der Waals surface area (Å²) in [5.41, 5.74) is 1.59. The quantitative estimate of drug-likeness (QED) is 0.671. The largest absolute Gasteiger partial charge is 0.508 e. The summed E-state index contributed by atoms with van der Waals surface area (Å²) in [6.45, 7) is 3.32. The number of nitrogens with zero attached hydrogens (tertiary/aromatic N) is 5. The van der Waals surface area contributed by atoms with Crippen LogP contribution in [0.5, 0.6) is 5.75 Å². The van der Waals surface area contributed by atoms with E-state index in [9.17, 15) is 5.11 Å². The van der Waals surface area contributed by atoms with Gasteiger partial charge in [0.2, 0.25) is 0 Å². The second-order valence-electron chi connectivity index (χ2n) is 5.10. The zero-order valence-corrected chi connectivity index (χ0v) is 15.8. The number of hydrogen-bond donors (Lipinski definition) is 1. The summed E-state index contributed by atoms with van der Waals surface area (Å²) < 4.78 is 3.36. The van der Waals surface area contributed by atoms with Crippen molar-refractivity contribution >= 4 is 48.7 Å². The molecule has 8 heteroatoms. The first-order valence-corrected chi connectivity index (χ1v) is 8.65. The average molecular weight is 441 g/mol. The van der Waals surface area contributed by atoms with Crippen molar-refractivity contribution in [2.75, 3.05) is 11.4 Å². The van der Waals surface area contributed by atoms with Gasteiger partial charge in [-0.15, -0.1) is 0 Å². The number of aromatic hydroxyl groups is 1. The fourth-order valence-electron chi connectivity index (χ4n) is 2.49. The van der Waals surface area contributed by atoms with E-state index in [4.69, 9.17) is 0 Å². The third-order valence-electron chi connectivity index (χ3n) is 3.64. The van der Waals surface area contributed by atoms with Crippen molar-refractivity contribution in [1.82, 2.24) is 19.7 Å². The van der Waals surface area contributed by atoms with Crippen molar-refractivity contribution in [2.24, 2.45) is 7.05 Å². The SMILES string of the molecule is CCN(Cc1cc(Br)ccc1O)c1ncnc2c1c(Br)nn2C. The number of benzene rings is 1. The molecule has 2 heterocycles. The Labute approximate surface area is 150 Å². The molecule has 0 aliphatic carbocycles. The number of halogens is 2. The molecule has 0 aliphatic heterocycles. The van der Waals surface area contributed by atoms with Gasteiger partial charge in [0.1, 0.15) is 22.5 Å². The van der Waals surface area contributed by atoms with Crippen molar-refractivity contribution in [1.29, 1.82) is 0 Å². The Morgan fingerprint density at radius 3 is 2.78 bits per heavy atom. The molecule has 3 rings (SSSR count). The predicted octanol–water partition coefficient (Wildman–Crippen LogP) is 3.62. The zero-order valence-electron chi connectivity index (χ0n) is 12.7. The third kappa shape index (κ3) is 3.05. The lowest BCUT2D eigenvalue weighted by atomic mass is 10.2. The van der Waals surface area contributed by atoms with Gasteiger partial charge < -0.3 is 10.0 Å². The highest BCUT2D eigenvalue weighted by molar-refractivity contribution is 9.10. The molecule has 0 atom stereocenters. The molecule has 6 nitrogen and oxygen atoms in total. The van der Waals surface area contributed by atoms with E-state index in [1.165, 1.54) is 6.33 Å². The maximum atomic E-state index is 10.1. The van der Waals surface area contributed by atoms with Crippen molar-refractivity contribution in [2.45, 2.75) is 13.5 Å². The first kappa shape index (κ1) is 16.2. The Balaban J connectivity index is 2.06. The highest BCUT2D eigenvalue weighted by Gasteiger charge is 2.18. The van der Waals surface area contributed by atoms with Crippen LogP contribution in [-0.4, -0.2) is 31.4 Å². The number of aryl methyl sites for hydroxylation is 1. The Morgan fingerprint density at radius 1 is 1.26 bits per heavy atom. The van der Waals surface area contributed by atoms with E-state index in [0.29, 0.717) is 11.1 Å². The van der Waals surface area contributed by atoms with E-state index in [1.54, 1.807) is 10.7 Å². The van der Waals surface area contributed by atoms with Gasteiger partial charge >= 0.3 is 0 Å². The molecule has 0 saturated heterocycles. The van der Waals surface area contributed by atoms with E-state index in [-0.39, 0.29) is 5.75 Å². The van der Waals surface area contributed by atoms with E-state index >= 15 is 0 Å². The minimum Gasteiger partial charge on any atom is -0.508 e. The summed E-state index contributed by atoms with van der Waals surface area (Å²) in [5.74, 6) is 1.05. The Kier molecular flexibility index (Phi) is 4.54. The van der Waals surface area contributed by atoms with Crippen molar-refractivity contribution in [3.63, 3.8) is 0 Å². The smallest absolute Gasteiger partial charge is 0.164 e. The van der Waals surface area contributed by atoms with Crippen LogP contribution in [0.25, 0.3) is 11.0 Å². The van der Waals surface area contributed by atoms with Crippen LogP contribution in [0.15, 0.2) is 33.6 Å². The molecule has 0 spiro atoms. The van der Waals surface area contributed by atoms with Gasteiger partial charge in [-0.2, -0.15) is 5.10 Å². The normalized spacial score (nSPS) is 11.1. The van der Waals surface area contributed by atoms with Crippen LogP contribution in [-0.2, 0) is 13.6 Å². The number of fused-ring (bicyclic) bond motifs is 1. The maximum Gasteiger partial charge on any atom is 0.164 e. The molecule has 0 fully saturated rings. The molecule has 1 aromatic carbocycles. The lowest BCUT2D eigenvalue weighted by Gasteiger charge is -2.23. The number of phenolic OH excluding ortho intramolecular Hbond substituents is 1. The average Bonchev–Trinajstić information content (AvgIpc) is 2.83. The fraction of sp³-hybridized carbons (Fsp3) is 0.267. The first-order valence-electron chi connectivity index (χ1n) is 7.06. The molecule has 120 valence electrons. The van der Waals surface area contributed by atoms with Crippen LogP contribution in [0.3, 0.4) is 0 Å². The summed E-state index contributed by atoms with van der Waals surface area (Å²) in [4.78, 5) is 10.8. The topological polar surface area (TPSA) is 67.1 Å². The van der Waals surface area contributed by atoms with Gasteiger partial charge in [0.05, 0.1) is 5.39 Å². The minimum atomic E-state index is 0.266. The van der Waals surface area contributed by atoms with Crippen molar-refractivity contribution in [3.8, 4) is 5.75 Å². The molecule has 0 amide bonds. The number of phenols is 1. The summed E-state index contributed by atoms with van der Waals surface area (Å²) in [6.07, 6.45) is 1.54. The maximum absolute atomic E-state index is 10.1. The van der Waals surface area contributed by atoms with Gasteiger partial charge in [-0.1, -0.05) is 15.9 Å². The summed E-state index contributed by atoms with van der Waals surface area (Å²) >= 11 is 6.93. The molecule has 0 radical (unpaired) electrons. The first-order chi connectivity index (χ1) is 11.0. The Hall–Kier alpha value is -1.67. The molecule has 2 aromatic heterocycles. The van der Waals surface area contributed by atoms with E-state index < -0.39 is 0 Å². The zero-order chi connectivity index (χ0) is 16.6. The van der Waals surface area contributed by atoms with Gasteiger partial charge in [0.15, 0.2) is 5.65 Å². The minimum absolute atomic E-state index is 0.266. The van der Waals surface area contributed by atoms with Crippen LogP contribution < -0.4 is 4.90 Å². The van der Waals surface area contributed by atoms with Gasteiger partial charge in [-0.3, -0.25) is 0 Å². The van der Waals surface area contributed by atoms with Crippen LogP contribution >= 0.6 is 31.9 Å². The van der Waals surface area contributed by atoms with Crippen LogP contribution in [0, 0.1) is 0 Å². The van der Waals surface area contributed by atoms with E-state index in [2.05, 4.69) is 51.8 Å². The van der Waals surface area contributed by atoms with Crippen molar-refractivity contribution in [3.05, 3.63) is 39.2 Å². The molecule has 23 heavy (non-hydrogen) atoms. The lowest BCUT2D eigenvalue weighted by Crippen LogP contribution is -2.23. The Morgan fingerprint density at radius 2 is 2.04 bits per heavy atom. The van der Waals surface area contributed by atoms with Crippen molar-refractivity contribution < 1.29 is 5.11 Å². The molecular weight excluding hydrogens is 426 g/mol. The molecule has 0 aliphatic rings. The second-order valence-corrected chi connectivity index (χ2v) is 6.76. The lowest BCUT2D eigenvalue weighted by molar-refractivity contribution is 0.467. The van der Waals surface area contributed by atoms with Gasteiger partial charge in [-0.25, -0.2) is 14.6 Å². The summed E-state index contributed by atoms with van der Waals surface area (Å²) in [5, 5.41) is 15.3. The third-order valence-corrected chi connectivity index (χ3v) is 4.69. The summed E-state index contributed by atoms with van der Waals surface area (Å²) in [6, 6.07) is 5.41. The number of aromatic nitrogens is 4. The van der Waals surface area contributed by atoms with Gasteiger partial charge in [0, 0.05) is 30.2 Å². The molecule has 0 saturated carbocycles.